The number of rotatable bonds is 6. The maximum absolute atomic E-state index is 12.4. The molecule has 0 saturated carbocycles. The number of aryl methyl sites for hydroxylation is 2. The van der Waals surface area contributed by atoms with E-state index >= 15 is 0 Å². The van der Waals surface area contributed by atoms with Crippen molar-refractivity contribution >= 4 is 11.9 Å². The fourth-order valence-electron chi connectivity index (χ4n) is 2.57. The summed E-state index contributed by atoms with van der Waals surface area (Å²) in [7, 11) is 1.47. The molecule has 1 amide bonds. The van der Waals surface area contributed by atoms with Crippen molar-refractivity contribution in [1.29, 1.82) is 0 Å². The van der Waals surface area contributed by atoms with Crippen molar-refractivity contribution < 1.29 is 14.7 Å². The highest BCUT2D eigenvalue weighted by atomic mass is 16.4. The standard InChI is InChI=1S/C18H21N3O4/c1-11-12(2)20-21(3)17(23)15(11)16(22)19-10-14(18(24)25)9-13-7-5-4-6-8-13/h4-8,14H,9-10H2,1-3H3,(H,19,22)(H,24,25). The molecule has 0 radical (unpaired) electrons. The van der Waals surface area contributed by atoms with Gasteiger partial charge in [0, 0.05) is 13.6 Å². The third-order valence-corrected chi connectivity index (χ3v) is 4.14. The summed E-state index contributed by atoms with van der Waals surface area (Å²) in [6.45, 7) is 3.30. The minimum atomic E-state index is -1.00. The smallest absolute Gasteiger partial charge is 0.308 e. The number of hydrogen-bond donors (Lipinski definition) is 2. The third kappa shape index (κ3) is 4.32. The molecule has 0 bridgehead atoms. The van der Waals surface area contributed by atoms with Gasteiger partial charge < -0.3 is 10.4 Å². The highest BCUT2D eigenvalue weighted by Gasteiger charge is 2.22. The zero-order valence-corrected chi connectivity index (χ0v) is 14.4. The van der Waals surface area contributed by atoms with Gasteiger partial charge >= 0.3 is 5.97 Å². The average Bonchev–Trinajstić information content (AvgIpc) is 2.57. The fourth-order valence-corrected chi connectivity index (χ4v) is 2.57. The van der Waals surface area contributed by atoms with Gasteiger partial charge in [0.15, 0.2) is 0 Å². The van der Waals surface area contributed by atoms with Gasteiger partial charge in [-0.2, -0.15) is 5.10 Å². The maximum Gasteiger partial charge on any atom is 0.308 e. The van der Waals surface area contributed by atoms with E-state index in [0.717, 1.165) is 10.2 Å². The summed E-state index contributed by atoms with van der Waals surface area (Å²) >= 11 is 0. The van der Waals surface area contributed by atoms with E-state index in [1.807, 2.05) is 30.3 Å². The molecule has 7 nitrogen and oxygen atoms in total. The van der Waals surface area contributed by atoms with Crippen LogP contribution in [-0.4, -0.2) is 33.3 Å². The van der Waals surface area contributed by atoms with E-state index in [2.05, 4.69) is 10.4 Å². The fraction of sp³-hybridized carbons (Fsp3) is 0.333. The van der Waals surface area contributed by atoms with E-state index in [1.165, 1.54) is 7.05 Å². The molecule has 2 rings (SSSR count). The number of nitrogens with zero attached hydrogens (tertiary/aromatic N) is 2. The zero-order valence-electron chi connectivity index (χ0n) is 14.4. The number of aromatic nitrogens is 2. The number of nitrogens with one attached hydrogen (secondary N) is 1. The van der Waals surface area contributed by atoms with Gasteiger partial charge in [-0.15, -0.1) is 0 Å². The molecule has 25 heavy (non-hydrogen) atoms. The Morgan fingerprint density at radius 3 is 2.48 bits per heavy atom. The molecule has 1 heterocycles. The monoisotopic (exact) mass is 343 g/mol. The normalized spacial score (nSPS) is 11.8. The minimum Gasteiger partial charge on any atom is -0.481 e. The Hall–Kier alpha value is -2.96. The van der Waals surface area contributed by atoms with Crippen LogP contribution in [0.3, 0.4) is 0 Å². The van der Waals surface area contributed by atoms with Crippen LogP contribution in [0.5, 0.6) is 0 Å². The van der Waals surface area contributed by atoms with Crippen LogP contribution < -0.4 is 10.9 Å². The van der Waals surface area contributed by atoms with Crippen molar-refractivity contribution in [2.75, 3.05) is 6.54 Å². The third-order valence-electron chi connectivity index (χ3n) is 4.14. The van der Waals surface area contributed by atoms with Crippen molar-refractivity contribution in [1.82, 2.24) is 15.1 Å². The number of benzene rings is 1. The summed E-state index contributed by atoms with van der Waals surface area (Å²) in [4.78, 5) is 36.1. The van der Waals surface area contributed by atoms with E-state index in [4.69, 9.17) is 0 Å². The van der Waals surface area contributed by atoms with Gasteiger partial charge in [0.1, 0.15) is 5.56 Å². The molecule has 2 N–H and O–H groups in total. The first-order valence-electron chi connectivity index (χ1n) is 7.90. The first-order chi connectivity index (χ1) is 11.8. The second-order valence-electron chi connectivity index (χ2n) is 5.95. The Kier molecular flexibility index (Phi) is 5.69. The largest absolute Gasteiger partial charge is 0.481 e. The summed E-state index contributed by atoms with van der Waals surface area (Å²) < 4.78 is 1.11. The molecule has 132 valence electrons. The molecule has 1 aromatic carbocycles. The molecule has 1 aromatic heterocycles. The minimum absolute atomic E-state index is 0.00106. The first-order valence-corrected chi connectivity index (χ1v) is 7.90. The van der Waals surface area contributed by atoms with Gasteiger partial charge in [0.05, 0.1) is 11.6 Å². The summed E-state index contributed by atoms with van der Waals surface area (Å²) in [5.74, 6) is -2.36. The summed E-state index contributed by atoms with van der Waals surface area (Å²) in [6, 6.07) is 9.19. The van der Waals surface area contributed by atoms with Crippen molar-refractivity contribution in [3.8, 4) is 0 Å². The van der Waals surface area contributed by atoms with E-state index < -0.39 is 23.4 Å². The molecule has 7 heteroatoms. The summed E-state index contributed by atoms with van der Waals surface area (Å²) in [5.41, 5.74) is 1.44. The highest BCUT2D eigenvalue weighted by molar-refractivity contribution is 5.95. The summed E-state index contributed by atoms with van der Waals surface area (Å²) in [5, 5.41) is 16.0. The number of amides is 1. The molecule has 0 aliphatic rings. The Morgan fingerprint density at radius 1 is 1.24 bits per heavy atom. The second-order valence-corrected chi connectivity index (χ2v) is 5.95. The number of carbonyl (C=O) groups excluding carboxylic acids is 1. The van der Waals surface area contributed by atoms with Crippen LogP contribution in [0.1, 0.15) is 27.2 Å². The van der Waals surface area contributed by atoms with E-state index in [1.54, 1.807) is 13.8 Å². The van der Waals surface area contributed by atoms with Gasteiger partial charge in [-0.05, 0) is 31.4 Å². The predicted molar refractivity (Wildman–Crippen MR) is 92.6 cm³/mol. The van der Waals surface area contributed by atoms with Crippen LogP contribution >= 0.6 is 0 Å². The number of aliphatic carboxylic acids is 1. The molecule has 1 atom stereocenters. The lowest BCUT2D eigenvalue weighted by atomic mass is 9.99. The van der Waals surface area contributed by atoms with Crippen molar-refractivity contribution in [2.24, 2.45) is 13.0 Å². The molecule has 1 unspecified atom stereocenters. The van der Waals surface area contributed by atoms with E-state index in [0.29, 0.717) is 17.7 Å². The molecule has 0 aliphatic heterocycles. The Morgan fingerprint density at radius 2 is 1.88 bits per heavy atom. The van der Waals surface area contributed by atoms with Crippen molar-refractivity contribution in [2.45, 2.75) is 20.3 Å². The predicted octanol–water partition coefficient (Wildman–Crippen LogP) is 1.07. The molecule has 0 saturated heterocycles. The van der Waals surface area contributed by atoms with Gasteiger partial charge in [-0.3, -0.25) is 14.4 Å². The van der Waals surface area contributed by atoms with Crippen LogP contribution in [0.25, 0.3) is 0 Å². The Bertz CT molecular complexity index is 843. The SMILES string of the molecule is Cc1nn(C)c(=O)c(C(=O)NCC(Cc2ccccc2)C(=O)O)c1C. The molecular formula is C18H21N3O4. The van der Waals surface area contributed by atoms with Gasteiger partial charge in [-0.25, -0.2) is 4.68 Å². The quantitative estimate of drug-likeness (QED) is 0.817. The topological polar surface area (TPSA) is 101 Å². The molecular weight excluding hydrogens is 322 g/mol. The van der Waals surface area contributed by atoms with Crippen molar-refractivity contribution in [3.63, 3.8) is 0 Å². The maximum atomic E-state index is 12.4. The molecule has 2 aromatic rings. The Balaban J connectivity index is 2.15. The number of carboxylic acids is 1. The van der Waals surface area contributed by atoms with Crippen LogP contribution in [-0.2, 0) is 18.3 Å². The molecule has 0 fully saturated rings. The average molecular weight is 343 g/mol. The molecule has 0 aliphatic carbocycles. The number of hydrogen-bond acceptors (Lipinski definition) is 4. The van der Waals surface area contributed by atoms with Gasteiger partial charge in [-0.1, -0.05) is 30.3 Å². The van der Waals surface area contributed by atoms with E-state index in [-0.39, 0.29) is 12.1 Å². The van der Waals surface area contributed by atoms with Crippen LogP contribution in [0, 0.1) is 19.8 Å². The second kappa shape index (κ2) is 7.74. The summed E-state index contributed by atoms with van der Waals surface area (Å²) in [6.07, 6.45) is 0.294. The van der Waals surface area contributed by atoms with Crippen LogP contribution in [0.2, 0.25) is 0 Å². The number of carbonyl (C=O) groups is 2. The van der Waals surface area contributed by atoms with E-state index in [9.17, 15) is 19.5 Å². The van der Waals surface area contributed by atoms with Gasteiger partial charge in [0.2, 0.25) is 0 Å². The zero-order chi connectivity index (χ0) is 18.6. The lowest BCUT2D eigenvalue weighted by Crippen LogP contribution is -2.39. The van der Waals surface area contributed by atoms with Gasteiger partial charge in [0.25, 0.3) is 11.5 Å². The van der Waals surface area contributed by atoms with Crippen molar-refractivity contribution in [3.05, 3.63) is 63.1 Å². The van der Waals surface area contributed by atoms with Crippen LogP contribution in [0.4, 0.5) is 0 Å². The first kappa shape index (κ1) is 18.4. The Labute approximate surface area is 145 Å². The lowest BCUT2D eigenvalue weighted by molar-refractivity contribution is -0.141. The highest BCUT2D eigenvalue weighted by Crippen LogP contribution is 2.10. The van der Waals surface area contributed by atoms with Crippen LogP contribution in [0.15, 0.2) is 35.1 Å². The molecule has 0 spiro atoms. The lowest BCUT2D eigenvalue weighted by Gasteiger charge is -2.15. The number of carboxylic acid groups (broad SMARTS) is 1.